The molecule has 0 aliphatic heterocycles. The molecule has 4 rings (SSSR count). The van der Waals surface area contributed by atoms with Crippen molar-refractivity contribution in [3.8, 4) is 11.5 Å². The number of anilines is 1. The average Bonchev–Trinajstić information content (AvgIpc) is 3.24. The lowest BCUT2D eigenvalue weighted by Gasteiger charge is -2.10. The standard InChI is InChI=1S/C19H16N4O2/c1-13-9-14-5-2-3-8-17(14)23(13)11-18(24)21-16-7-4-6-15(10-16)19-22-20-12-25-19/h2-10,12H,11H2,1H3,(H,21,24). The highest BCUT2D eigenvalue weighted by Crippen LogP contribution is 2.21. The van der Waals surface area contributed by atoms with Crippen molar-refractivity contribution in [2.75, 3.05) is 5.32 Å². The van der Waals surface area contributed by atoms with E-state index in [0.29, 0.717) is 11.6 Å². The molecule has 0 bridgehead atoms. The molecule has 0 saturated carbocycles. The van der Waals surface area contributed by atoms with Crippen molar-refractivity contribution >= 4 is 22.5 Å². The van der Waals surface area contributed by atoms with E-state index in [-0.39, 0.29) is 12.5 Å². The van der Waals surface area contributed by atoms with Gasteiger partial charge in [-0.05, 0) is 42.6 Å². The second-order valence-electron chi connectivity index (χ2n) is 5.80. The van der Waals surface area contributed by atoms with E-state index in [1.54, 1.807) is 0 Å². The van der Waals surface area contributed by atoms with Crippen molar-refractivity contribution in [3.05, 3.63) is 66.7 Å². The second-order valence-corrected chi connectivity index (χ2v) is 5.80. The molecular weight excluding hydrogens is 316 g/mol. The molecule has 2 heterocycles. The van der Waals surface area contributed by atoms with Gasteiger partial charge in [-0.25, -0.2) is 0 Å². The second kappa shape index (κ2) is 6.24. The normalized spacial score (nSPS) is 10.9. The van der Waals surface area contributed by atoms with Crippen LogP contribution in [-0.4, -0.2) is 20.7 Å². The van der Waals surface area contributed by atoms with Crippen LogP contribution in [0.25, 0.3) is 22.4 Å². The highest BCUT2D eigenvalue weighted by molar-refractivity contribution is 5.92. The number of fused-ring (bicyclic) bond motifs is 1. The zero-order valence-corrected chi connectivity index (χ0v) is 13.6. The Balaban J connectivity index is 1.54. The van der Waals surface area contributed by atoms with Crippen LogP contribution in [0.1, 0.15) is 5.69 Å². The van der Waals surface area contributed by atoms with Gasteiger partial charge in [0.25, 0.3) is 0 Å². The van der Waals surface area contributed by atoms with Crippen LogP contribution in [0.4, 0.5) is 5.69 Å². The molecule has 0 fully saturated rings. The maximum absolute atomic E-state index is 12.5. The molecule has 0 aliphatic rings. The van der Waals surface area contributed by atoms with Crippen LogP contribution < -0.4 is 5.32 Å². The summed E-state index contributed by atoms with van der Waals surface area (Å²) in [6.07, 6.45) is 1.28. The molecule has 0 spiro atoms. The van der Waals surface area contributed by atoms with Crippen molar-refractivity contribution < 1.29 is 9.21 Å². The number of amides is 1. The maximum Gasteiger partial charge on any atom is 0.247 e. The first-order valence-electron chi connectivity index (χ1n) is 7.92. The van der Waals surface area contributed by atoms with Gasteiger partial charge in [0, 0.05) is 22.5 Å². The van der Waals surface area contributed by atoms with E-state index in [0.717, 1.165) is 22.2 Å². The fourth-order valence-electron chi connectivity index (χ4n) is 2.93. The van der Waals surface area contributed by atoms with Crippen LogP contribution in [0.2, 0.25) is 0 Å². The zero-order chi connectivity index (χ0) is 17.2. The lowest BCUT2D eigenvalue weighted by atomic mass is 10.2. The molecular formula is C19H16N4O2. The van der Waals surface area contributed by atoms with Gasteiger partial charge in [-0.2, -0.15) is 0 Å². The van der Waals surface area contributed by atoms with Gasteiger partial charge in [0.1, 0.15) is 6.54 Å². The van der Waals surface area contributed by atoms with Crippen LogP contribution >= 0.6 is 0 Å². The SMILES string of the molecule is Cc1cc2ccccc2n1CC(=O)Nc1cccc(-c2nnco2)c1. The Hall–Kier alpha value is -3.41. The minimum atomic E-state index is -0.0906. The lowest BCUT2D eigenvalue weighted by Crippen LogP contribution is -2.19. The number of hydrogen-bond acceptors (Lipinski definition) is 4. The summed E-state index contributed by atoms with van der Waals surface area (Å²) in [6, 6.07) is 17.5. The summed E-state index contributed by atoms with van der Waals surface area (Å²) in [7, 11) is 0. The third-order valence-electron chi connectivity index (χ3n) is 4.07. The largest absolute Gasteiger partial charge is 0.423 e. The summed E-state index contributed by atoms with van der Waals surface area (Å²) >= 11 is 0. The highest BCUT2D eigenvalue weighted by atomic mass is 16.4. The van der Waals surface area contributed by atoms with Gasteiger partial charge in [0.2, 0.25) is 18.2 Å². The minimum Gasteiger partial charge on any atom is -0.423 e. The molecule has 1 amide bonds. The molecule has 0 radical (unpaired) electrons. The Labute approximate surface area is 144 Å². The summed E-state index contributed by atoms with van der Waals surface area (Å²) in [4.78, 5) is 12.5. The van der Waals surface area contributed by atoms with Crippen LogP contribution in [0.5, 0.6) is 0 Å². The predicted octanol–water partition coefficient (Wildman–Crippen LogP) is 3.64. The van der Waals surface area contributed by atoms with Crippen molar-refractivity contribution in [2.24, 2.45) is 0 Å². The Bertz CT molecular complexity index is 1030. The number of nitrogens with one attached hydrogen (secondary N) is 1. The van der Waals surface area contributed by atoms with Crippen LogP contribution in [0.3, 0.4) is 0 Å². The summed E-state index contributed by atoms with van der Waals surface area (Å²) in [5.41, 5.74) is 3.55. The van der Waals surface area contributed by atoms with E-state index < -0.39 is 0 Å². The summed E-state index contributed by atoms with van der Waals surface area (Å²) in [5.74, 6) is 0.329. The van der Waals surface area contributed by atoms with E-state index >= 15 is 0 Å². The van der Waals surface area contributed by atoms with Crippen molar-refractivity contribution in [2.45, 2.75) is 13.5 Å². The number of para-hydroxylation sites is 1. The van der Waals surface area contributed by atoms with E-state index in [9.17, 15) is 4.79 Å². The summed E-state index contributed by atoms with van der Waals surface area (Å²) in [6.45, 7) is 2.26. The molecule has 0 unspecified atom stereocenters. The van der Waals surface area contributed by atoms with E-state index in [1.165, 1.54) is 6.39 Å². The Kier molecular flexibility index (Phi) is 3.78. The minimum absolute atomic E-state index is 0.0906. The zero-order valence-electron chi connectivity index (χ0n) is 13.6. The molecule has 4 aromatic rings. The van der Waals surface area contributed by atoms with Crippen molar-refractivity contribution in [3.63, 3.8) is 0 Å². The topological polar surface area (TPSA) is 73.0 Å². The first kappa shape index (κ1) is 15.1. The molecule has 6 heteroatoms. The lowest BCUT2D eigenvalue weighted by molar-refractivity contribution is -0.116. The monoisotopic (exact) mass is 332 g/mol. The van der Waals surface area contributed by atoms with Crippen LogP contribution in [-0.2, 0) is 11.3 Å². The molecule has 124 valence electrons. The van der Waals surface area contributed by atoms with Gasteiger partial charge in [-0.1, -0.05) is 24.3 Å². The van der Waals surface area contributed by atoms with Gasteiger partial charge in [0.05, 0.1) is 0 Å². The van der Waals surface area contributed by atoms with Gasteiger partial charge >= 0.3 is 0 Å². The number of carbonyl (C=O) groups excluding carboxylic acids is 1. The Morgan fingerprint density at radius 3 is 2.88 bits per heavy atom. The number of rotatable bonds is 4. The molecule has 0 atom stereocenters. The first-order chi connectivity index (χ1) is 12.2. The first-order valence-corrected chi connectivity index (χ1v) is 7.92. The maximum atomic E-state index is 12.5. The smallest absolute Gasteiger partial charge is 0.247 e. The van der Waals surface area contributed by atoms with Crippen molar-refractivity contribution in [1.29, 1.82) is 0 Å². The Morgan fingerprint density at radius 2 is 2.04 bits per heavy atom. The number of aromatic nitrogens is 3. The van der Waals surface area contributed by atoms with E-state index in [4.69, 9.17) is 4.42 Å². The third kappa shape index (κ3) is 3.01. The fraction of sp³-hybridized carbons (Fsp3) is 0.105. The number of carbonyl (C=O) groups is 1. The third-order valence-corrected chi connectivity index (χ3v) is 4.07. The number of benzene rings is 2. The predicted molar refractivity (Wildman–Crippen MR) is 95.0 cm³/mol. The quantitative estimate of drug-likeness (QED) is 0.619. The summed E-state index contributed by atoms with van der Waals surface area (Å²) in [5, 5.41) is 11.6. The fourth-order valence-corrected chi connectivity index (χ4v) is 2.93. The average molecular weight is 332 g/mol. The van der Waals surface area contributed by atoms with Gasteiger partial charge in [-0.15, -0.1) is 10.2 Å². The van der Waals surface area contributed by atoms with E-state index in [1.807, 2.05) is 60.0 Å². The van der Waals surface area contributed by atoms with Crippen LogP contribution in [0, 0.1) is 6.92 Å². The van der Waals surface area contributed by atoms with E-state index in [2.05, 4.69) is 21.6 Å². The molecule has 0 aliphatic carbocycles. The number of aryl methyl sites for hydroxylation is 1. The molecule has 2 aromatic heterocycles. The Morgan fingerprint density at radius 1 is 1.16 bits per heavy atom. The number of nitrogens with zero attached hydrogens (tertiary/aromatic N) is 3. The molecule has 0 saturated heterocycles. The van der Waals surface area contributed by atoms with Crippen LogP contribution in [0.15, 0.2) is 65.4 Å². The number of hydrogen-bond donors (Lipinski definition) is 1. The molecule has 6 nitrogen and oxygen atoms in total. The molecule has 2 aromatic carbocycles. The van der Waals surface area contributed by atoms with Crippen molar-refractivity contribution in [1.82, 2.24) is 14.8 Å². The molecule has 1 N–H and O–H groups in total. The summed E-state index contributed by atoms with van der Waals surface area (Å²) < 4.78 is 7.20. The van der Waals surface area contributed by atoms with Gasteiger partial charge < -0.3 is 14.3 Å². The highest BCUT2D eigenvalue weighted by Gasteiger charge is 2.11. The molecule has 25 heavy (non-hydrogen) atoms. The van der Waals surface area contributed by atoms with Gasteiger partial charge in [0.15, 0.2) is 0 Å². The van der Waals surface area contributed by atoms with Gasteiger partial charge in [-0.3, -0.25) is 4.79 Å².